The number of hydrogen-bond acceptors (Lipinski definition) is 4. The summed E-state index contributed by atoms with van der Waals surface area (Å²) in [6.07, 6.45) is 0. The number of benzene rings is 3. The van der Waals surface area contributed by atoms with E-state index in [-0.39, 0.29) is 24.0 Å². The lowest BCUT2D eigenvalue weighted by Crippen LogP contribution is -2.31. The third-order valence-electron chi connectivity index (χ3n) is 5.24. The van der Waals surface area contributed by atoms with Crippen LogP contribution in [0.1, 0.15) is 10.4 Å². The van der Waals surface area contributed by atoms with Crippen LogP contribution in [0, 0.1) is 5.82 Å². The Hall–Kier alpha value is -3.77. The van der Waals surface area contributed by atoms with E-state index in [1.54, 1.807) is 12.1 Å². The molecule has 0 spiro atoms. The van der Waals surface area contributed by atoms with Crippen LogP contribution < -0.4 is 5.32 Å². The number of halogens is 1. The topological polar surface area (TPSA) is 49.4 Å². The molecule has 0 atom stereocenters. The number of fused-ring (bicyclic) bond motifs is 1. The van der Waals surface area contributed by atoms with Crippen LogP contribution in [0.5, 0.6) is 0 Å². The lowest BCUT2D eigenvalue weighted by atomic mass is 10.1. The molecular formula is C25H17FN2O2S. The van der Waals surface area contributed by atoms with Gasteiger partial charge in [-0.2, -0.15) is 0 Å². The Morgan fingerprint density at radius 2 is 1.61 bits per heavy atom. The second-order valence-electron chi connectivity index (χ2n) is 7.20. The molecule has 31 heavy (non-hydrogen) atoms. The standard InChI is InChI=1S/C25H17FN2O2S/c26-18-12-10-16(11-13-18)15-28-24(29)22(21-9-4-14-31-21)23(25(28)30)27-20-8-3-6-17-5-1-2-7-19(17)20/h1-14,27H,15H2. The molecule has 0 unspecified atom stereocenters. The molecule has 6 heteroatoms. The van der Waals surface area contributed by atoms with Crippen LogP contribution in [0.3, 0.4) is 0 Å². The molecule has 0 fully saturated rings. The molecule has 3 aromatic carbocycles. The van der Waals surface area contributed by atoms with Crippen LogP contribution in [0.4, 0.5) is 10.1 Å². The normalized spacial score (nSPS) is 14.0. The molecule has 2 amide bonds. The molecule has 1 aliphatic heterocycles. The first-order valence-corrected chi connectivity index (χ1v) is 10.6. The zero-order valence-electron chi connectivity index (χ0n) is 16.3. The minimum atomic E-state index is -0.398. The second-order valence-corrected chi connectivity index (χ2v) is 8.15. The highest BCUT2D eigenvalue weighted by molar-refractivity contribution is 7.11. The van der Waals surface area contributed by atoms with Gasteiger partial charge in [-0.05, 0) is 40.6 Å². The van der Waals surface area contributed by atoms with Gasteiger partial charge in [-0.1, -0.05) is 54.6 Å². The Balaban J connectivity index is 1.56. The molecule has 5 rings (SSSR count). The predicted octanol–water partition coefficient (Wildman–Crippen LogP) is 5.43. The molecule has 1 N–H and O–H groups in total. The lowest BCUT2D eigenvalue weighted by Gasteiger charge is -2.16. The van der Waals surface area contributed by atoms with Gasteiger partial charge in [0, 0.05) is 16.0 Å². The van der Waals surface area contributed by atoms with Crippen LogP contribution in [0.2, 0.25) is 0 Å². The molecule has 2 heterocycles. The Morgan fingerprint density at radius 3 is 2.39 bits per heavy atom. The van der Waals surface area contributed by atoms with E-state index >= 15 is 0 Å². The van der Waals surface area contributed by atoms with Crippen LogP contribution in [-0.2, 0) is 16.1 Å². The average molecular weight is 428 g/mol. The summed E-state index contributed by atoms with van der Waals surface area (Å²) < 4.78 is 13.3. The van der Waals surface area contributed by atoms with Crippen molar-refractivity contribution in [2.24, 2.45) is 0 Å². The zero-order valence-corrected chi connectivity index (χ0v) is 17.2. The average Bonchev–Trinajstić information content (AvgIpc) is 3.39. The van der Waals surface area contributed by atoms with E-state index in [1.807, 2.05) is 60.0 Å². The SMILES string of the molecule is O=C1C(Nc2cccc3ccccc23)=C(c2cccs2)C(=O)N1Cc1ccc(F)cc1. The van der Waals surface area contributed by atoms with Crippen molar-refractivity contribution in [2.75, 3.05) is 5.32 Å². The van der Waals surface area contributed by atoms with Crippen molar-refractivity contribution >= 4 is 45.2 Å². The number of nitrogens with zero attached hydrogens (tertiary/aromatic N) is 1. The number of carbonyl (C=O) groups excluding carboxylic acids is 2. The smallest absolute Gasteiger partial charge is 0.278 e. The summed E-state index contributed by atoms with van der Waals surface area (Å²) in [4.78, 5) is 28.6. The molecule has 0 bridgehead atoms. The molecule has 0 radical (unpaired) electrons. The van der Waals surface area contributed by atoms with Crippen molar-refractivity contribution in [3.8, 4) is 0 Å². The maximum Gasteiger partial charge on any atom is 0.278 e. The van der Waals surface area contributed by atoms with Crippen LogP contribution in [-0.4, -0.2) is 16.7 Å². The van der Waals surface area contributed by atoms with Gasteiger partial charge in [0.15, 0.2) is 0 Å². The highest BCUT2D eigenvalue weighted by atomic mass is 32.1. The molecule has 1 aliphatic rings. The summed E-state index contributed by atoms with van der Waals surface area (Å²) in [6, 6.07) is 23.1. The van der Waals surface area contributed by atoms with Crippen molar-refractivity contribution in [3.05, 3.63) is 106 Å². The highest BCUT2D eigenvalue weighted by Crippen LogP contribution is 2.35. The minimum Gasteiger partial charge on any atom is -0.350 e. The van der Waals surface area contributed by atoms with E-state index in [4.69, 9.17) is 0 Å². The molecule has 152 valence electrons. The Kier molecular flexibility index (Phi) is 4.84. The van der Waals surface area contributed by atoms with Crippen LogP contribution in [0.15, 0.2) is 89.9 Å². The fourth-order valence-corrected chi connectivity index (χ4v) is 4.49. The van der Waals surface area contributed by atoms with Gasteiger partial charge in [-0.15, -0.1) is 11.3 Å². The summed E-state index contributed by atoms with van der Waals surface area (Å²) >= 11 is 1.41. The van der Waals surface area contributed by atoms with Crippen molar-refractivity contribution in [1.82, 2.24) is 4.90 Å². The third-order valence-corrected chi connectivity index (χ3v) is 6.13. The van der Waals surface area contributed by atoms with E-state index in [9.17, 15) is 14.0 Å². The first-order chi connectivity index (χ1) is 15.1. The lowest BCUT2D eigenvalue weighted by molar-refractivity contribution is -0.137. The van der Waals surface area contributed by atoms with Gasteiger partial charge < -0.3 is 5.32 Å². The fourth-order valence-electron chi connectivity index (χ4n) is 3.73. The largest absolute Gasteiger partial charge is 0.350 e. The molecule has 4 aromatic rings. The molecule has 1 aromatic heterocycles. The maximum absolute atomic E-state index is 13.3. The Labute approximate surface area is 182 Å². The Bertz CT molecular complexity index is 1320. The highest BCUT2D eigenvalue weighted by Gasteiger charge is 2.39. The summed E-state index contributed by atoms with van der Waals surface area (Å²) in [5.41, 5.74) is 2.05. The number of hydrogen-bond donors (Lipinski definition) is 1. The number of nitrogens with one attached hydrogen (secondary N) is 1. The van der Waals surface area contributed by atoms with E-state index in [0.717, 1.165) is 21.3 Å². The third kappa shape index (κ3) is 3.51. The van der Waals surface area contributed by atoms with Gasteiger partial charge in [-0.25, -0.2) is 4.39 Å². The van der Waals surface area contributed by atoms with Gasteiger partial charge in [0.05, 0.1) is 12.1 Å². The van der Waals surface area contributed by atoms with Gasteiger partial charge in [0.25, 0.3) is 11.8 Å². The van der Waals surface area contributed by atoms with E-state index < -0.39 is 5.91 Å². The molecule has 0 saturated carbocycles. The van der Waals surface area contributed by atoms with Gasteiger partial charge in [-0.3, -0.25) is 14.5 Å². The van der Waals surface area contributed by atoms with Crippen LogP contribution >= 0.6 is 11.3 Å². The number of imide groups is 1. The summed E-state index contributed by atoms with van der Waals surface area (Å²) in [7, 11) is 0. The number of amides is 2. The molecule has 4 nitrogen and oxygen atoms in total. The van der Waals surface area contributed by atoms with Gasteiger partial charge in [0.1, 0.15) is 11.5 Å². The quantitative estimate of drug-likeness (QED) is 0.431. The fraction of sp³-hybridized carbons (Fsp3) is 0.0400. The first kappa shape index (κ1) is 19.2. The van der Waals surface area contributed by atoms with E-state index in [1.165, 1.54) is 28.4 Å². The summed E-state index contributed by atoms with van der Waals surface area (Å²) in [5, 5.41) is 7.11. The molecule has 0 aliphatic carbocycles. The van der Waals surface area contributed by atoms with Crippen molar-refractivity contribution in [3.63, 3.8) is 0 Å². The number of carbonyl (C=O) groups is 2. The Morgan fingerprint density at radius 1 is 0.839 bits per heavy atom. The van der Waals surface area contributed by atoms with Gasteiger partial charge >= 0.3 is 0 Å². The zero-order chi connectivity index (χ0) is 21.4. The van der Waals surface area contributed by atoms with E-state index in [0.29, 0.717) is 11.1 Å². The van der Waals surface area contributed by atoms with Crippen LogP contribution in [0.25, 0.3) is 16.3 Å². The monoisotopic (exact) mass is 428 g/mol. The van der Waals surface area contributed by atoms with Crippen molar-refractivity contribution in [2.45, 2.75) is 6.54 Å². The summed E-state index contributed by atoms with van der Waals surface area (Å²) in [6.45, 7) is 0.0769. The van der Waals surface area contributed by atoms with Gasteiger partial charge in [0.2, 0.25) is 0 Å². The van der Waals surface area contributed by atoms with Crippen molar-refractivity contribution < 1.29 is 14.0 Å². The first-order valence-electron chi connectivity index (χ1n) is 9.75. The number of rotatable bonds is 5. The molecule has 0 saturated heterocycles. The molecular weight excluding hydrogens is 411 g/mol. The number of anilines is 1. The van der Waals surface area contributed by atoms with E-state index in [2.05, 4.69) is 5.32 Å². The summed E-state index contributed by atoms with van der Waals surface area (Å²) in [5.74, 6) is -1.12. The second kappa shape index (κ2) is 7.81. The van der Waals surface area contributed by atoms with Crippen molar-refractivity contribution in [1.29, 1.82) is 0 Å². The minimum absolute atomic E-state index is 0.0769. The number of thiophene rings is 1. The predicted molar refractivity (Wildman–Crippen MR) is 121 cm³/mol. The maximum atomic E-state index is 13.3.